The number of para-hydroxylation sites is 1. The molecule has 1 aliphatic rings. The average Bonchev–Trinajstić information content (AvgIpc) is 3.29. The molecule has 1 fully saturated rings. The molecule has 4 rings (SSSR count). The lowest BCUT2D eigenvalue weighted by molar-refractivity contribution is 0.102. The molecule has 0 saturated carbocycles. The summed E-state index contributed by atoms with van der Waals surface area (Å²) in [5.41, 5.74) is 3.21. The van der Waals surface area contributed by atoms with Gasteiger partial charge in [0.05, 0.1) is 5.56 Å². The van der Waals surface area contributed by atoms with Gasteiger partial charge < -0.3 is 15.0 Å². The second-order valence-electron chi connectivity index (χ2n) is 7.11. The quantitative estimate of drug-likeness (QED) is 0.624. The molecule has 1 aliphatic heterocycles. The summed E-state index contributed by atoms with van der Waals surface area (Å²) in [5, 5.41) is 2.94. The molecular weight excluding hydrogens is 367 g/mol. The molecule has 0 bridgehead atoms. The van der Waals surface area contributed by atoms with E-state index in [2.05, 4.69) is 10.2 Å². The number of nitrogens with one attached hydrogen (secondary N) is 1. The van der Waals surface area contributed by atoms with Gasteiger partial charge in [-0.1, -0.05) is 24.3 Å². The molecule has 4 nitrogen and oxygen atoms in total. The van der Waals surface area contributed by atoms with Crippen LogP contribution in [0.1, 0.15) is 28.8 Å². The van der Waals surface area contributed by atoms with Crippen molar-refractivity contribution in [3.05, 3.63) is 89.7 Å². The Balaban J connectivity index is 1.42. The fraction of sp³-hybridized carbons (Fsp3) is 0.208. The van der Waals surface area contributed by atoms with Gasteiger partial charge in [0.15, 0.2) is 0 Å². The Kier molecular flexibility index (Phi) is 5.75. The van der Waals surface area contributed by atoms with Gasteiger partial charge in [-0.05, 0) is 66.9 Å². The van der Waals surface area contributed by atoms with Gasteiger partial charge in [-0.25, -0.2) is 4.39 Å². The molecule has 0 spiro atoms. The molecule has 0 aromatic heterocycles. The zero-order valence-electron chi connectivity index (χ0n) is 16.1. The minimum atomic E-state index is -0.288. The summed E-state index contributed by atoms with van der Waals surface area (Å²) in [6.07, 6.45) is 2.46. The number of carbonyl (C=O) groups is 1. The fourth-order valence-corrected chi connectivity index (χ4v) is 3.45. The number of halogens is 1. The number of anilines is 2. The van der Waals surface area contributed by atoms with Crippen LogP contribution < -0.4 is 15.0 Å². The first kappa shape index (κ1) is 19.0. The molecule has 0 unspecified atom stereocenters. The molecule has 5 heteroatoms. The Morgan fingerprint density at radius 3 is 2.34 bits per heavy atom. The smallest absolute Gasteiger partial charge is 0.259 e. The number of rotatable bonds is 6. The van der Waals surface area contributed by atoms with Gasteiger partial charge in [0.2, 0.25) is 0 Å². The zero-order valence-corrected chi connectivity index (χ0v) is 16.1. The van der Waals surface area contributed by atoms with Gasteiger partial charge in [0, 0.05) is 24.5 Å². The Hall–Kier alpha value is -3.34. The highest BCUT2D eigenvalue weighted by Crippen LogP contribution is 2.24. The van der Waals surface area contributed by atoms with Crippen LogP contribution in [0.2, 0.25) is 0 Å². The van der Waals surface area contributed by atoms with Crippen LogP contribution in [0.4, 0.5) is 15.8 Å². The highest BCUT2D eigenvalue weighted by Gasteiger charge is 2.14. The van der Waals surface area contributed by atoms with Gasteiger partial charge in [-0.15, -0.1) is 0 Å². The number of ether oxygens (including phenoxy) is 1. The van der Waals surface area contributed by atoms with Crippen molar-refractivity contribution in [2.45, 2.75) is 19.4 Å². The van der Waals surface area contributed by atoms with E-state index in [0.29, 0.717) is 11.3 Å². The Morgan fingerprint density at radius 1 is 0.931 bits per heavy atom. The summed E-state index contributed by atoms with van der Waals surface area (Å²) in [4.78, 5) is 15.1. The average molecular weight is 390 g/mol. The number of hydrogen-bond donors (Lipinski definition) is 1. The van der Waals surface area contributed by atoms with Crippen LogP contribution in [0.5, 0.6) is 5.75 Å². The van der Waals surface area contributed by atoms with E-state index in [1.165, 1.54) is 30.7 Å². The van der Waals surface area contributed by atoms with Gasteiger partial charge in [-0.2, -0.15) is 0 Å². The summed E-state index contributed by atoms with van der Waals surface area (Å²) in [6, 6.07) is 21.2. The standard InChI is InChI=1S/C24H23FN2O2/c25-19-9-7-18(8-10-19)17-29-23-6-2-1-5-22(23)24(28)26-20-11-13-21(14-12-20)27-15-3-4-16-27/h1-2,5-14H,3-4,15-17H2,(H,26,28). The molecule has 1 amide bonds. The Bertz CT molecular complexity index is 965. The molecule has 148 valence electrons. The van der Waals surface area contributed by atoms with E-state index in [1.807, 2.05) is 30.3 Å². The first-order valence-electron chi connectivity index (χ1n) is 9.82. The number of carbonyl (C=O) groups excluding carboxylic acids is 1. The van der Waals surface area contributed by atoms with Crippen molar-refractivity contribution in [2.24, 2.45) is 0 Å². The number of nitrogens with zero attached hydrogens (tertiary/aromatic N) is 1. The van der Waals surface area contributed by atoms with E-state index in [9.17, 15) is 9.18 Å². The molecular formula is C24H23FN2O2. The lowest BCUT2D eigenvalue weighted by Gasteiger charge is -2.18. The van der Waals surface area contributed by atoms with E-state index in [-0.39, 0.29) is 18.3 Å². The van der Waals surface area contributed by atoms with Gasteiger partial charge >= 0.3 is 0 Å². The van der Waals surface area contributed by atoms with Crippen molar-refractivity contribution in [3.63, 3.8) is 0 Å². The topological polar surface area (TPSA) is 41.6 Å². The molecule has 3 aromatic rings. The third-order valence-corrected chi connectivity index (χ3v) is 5.04. The second-order valence-corrected chi connectivity index (χ2v) is 7.11. The number of hydrogen-bond acceptors (Lipinski definition) is 3. The van der Waals surface area contributed by atoms with Crippen molar-refractivity contribution >= 4 is 17.3 Å². The first-order chi connectivity index (χ1) is 14.2. The summed E-state index contributed by atoms with van der Waals surface area (Å²) in [6.45, 7) is 2.43. The van der Waals surface area contributed by atoms with Gasteiger partial charge in [0.1, 0.15) is 18.2 Å². The number of benzene rings is 3. The van der Waals surface area contributed by atoms with Crippen molar-refractivity contribution < 1.29 is 13.9 Å². The van der Waals surface area contributed by atoms with E-state index in [4.69, 9.17) is 4.74 Å². The van der Waals surface area contributed by atoms with Gasteiger partial charge in [-0.3, -0.25) is 4.79 Å². The van der Waals surface area contributed by atoms with Crippen LogP contribution in [0.15, 0.2) is 72.8 Å². The number of amides is 1. The van der Waals surface area contributed by atoms with Crippen molar-refractivity contribution in [3.8, 4) is 5.75 Å². The van der Waals surface area contributed by atoms with E-state index in [0.717, 1.165) is 24.3 Å². The highest BCUT2D eigenvalue weighted by atomic mass is 19.1. The molecule has 0 atom stereocenters. The van der Waals surface area contributed by atoms with Crippen LogP contribution in [-0.2, 0) is 6.61 Å². The maximum Gasteiger partial charge on any atom is 0.259 e. The van der Waals surface area contributed by atoms with Crippen LogP contribution in [0.3, 0.4) is 0 Å². The SMILES string of the molecule is O=C(Nc1ccc(N2CCCC2)cc1)c1ccccc1OCc1ccc(F)cc1. The van der Waals surface area contributed by atoms with E-state index >= 15 is 0 Å². The van der Waals surface area contributed by atoms with E-state index < -0.39 is 0 Å². The van der Waals surface area contributed by atoms with Crippen molar-refractivity contribution in [1.82, 2.24) is 0 Å². The zero-order chi connectivity index (χ0) is 20.1. The summed E-state index contributed by atoms with van der Waals surface area (Å²) in [7, 11) is 0. The van der Waals surface area contributed by atoms with Crippen molar-refractivity contribution in [2.75, 3.05) is 23.3 Å². The maximum atomic E-state index is 13.0. The lowest BCUT2D eigenvalue weighted by Crippen LogP contribution is -2.17. The third-order valence-electron chi connectivity index (χ3n) is 5.04. The summed E-state index contributed by atoms with van der Waals surface area (Å²) < 4.78 is 18.9. The minimum Gasteiger partial charge on any atom is -0.488 e. The first-order valence-corrected chi connectivity index (χ1v) is 9.82. The minimum absolute atomic E-state index is 0.228. The highest BCUT2D eigenvalue weighted by molar-refractivity contribution is 6.06. The van der Waals surface area contributed by atoms with Crippen LogP contribution in [0, 0.1) is 5.82 Å². The molecule has 0 radical (unpaired) electrons. The Morgan fingerprint density at radius 2 is 1.62 bits per heavy atom. The van der Waals surface area contributed by atoms with Crippen molar-refractivity contribution in [1.29, 1.82) is 0 Å². The summed E-state index contributed by atoms with van der Waals surface area (Å²) in [5.74, 6) is -0.0269. The van der Waals surface area contributed by atoms with Gasteiger partial charge in [0.25, 0.3) is 5.91 Å². The lowest BCUT2D eigenvalue weighted by atomic mass is 10.1. The molecule has 0 aliphatic carbocycles. The largest absolute Gasteiger partial charge is 0.488 e. The second kappa shape index (κ2) is 8.78. The van der Waals surface area contributed by atoms with E-state index in [1.54, 1.807) is 30.3 Å². The van der Waals surface area contributed by atoms with Crippen LogP contribution in [0.25, 0.3) is 0 Å². The maximum absolute atomic E-state index is 13.0. The molecule has 1 saturated heterocycles. The van der Waals surface area contributed by atoms with Crippen LogP contribution in [-0.4, -0.2) is 19.0 Å². The predicted octanol–water partition coefficient (Wildman–Crippen LogP) is 5.26. The molecule has 1 N–H and O–H groups in total. The fourth-order valence-electron chi connectivity index (χ4n) is 3.45. The normalized spacial score (nSPS) is 13.3. The summed E-state index contributed by atoms with van der Waals surface area (Å²) >= 11 is 0. The Labute approximate surface area is 169 Å². The molecule has 3 aromatic carbocycles. The monoisotopic (exact) mass is 390 g/mol. The predicted molar refractivity (Wildman–Crippen MR) is 113 cm³/mol. The molecule has 1 heterocycles. The van der Waals surface area contributed by atoms with Crippen LogP contribution >= 0.6 is 0 Å². The third kappa shape index (κ3) is 4.74. The molecule has 29 heavy (non-hydrogen) atoms.